The summed E-state index contributed by atoms with van der Waals surface area (Å²) in [6.45, 7) is 0. The second-order valence-electron chi connectivity index (χ2n) is 3.22. The van der Waals surface area contributed by atoms with Gasteiger partial charge in [0.05, 0.1) is 11.5 Å². The summed E-state index contributed by atoms with van der Waals surface area (Å²) in [5.74, 6) is -1.08. The summed E-state index contributed by atoms with van der Waals surface area (Å²) in [6.07, 6.45) is 1.39. The fourth-order valence-electron chi connectivity index (χ4n) is 1.46. The Kier molecular flexibility index (Phi) is 2.10. The predicted molar refractivity (Wildman–Crippen MR) is 48.4 cm³/mol. The second kappa shape index (κ2) is 3.18. The Balaban J connectivity index is 2.38. The van der Waals surface area contributed by atoms with Gasteiger partial charge < -0.3 is 0 Å². The van der Waals surface area contributed by atoms with E-state index in [1.807, 2.05) is 0 Å². The van der Waals surface area contributed by atoms with Crippen LogP contribution in [-0.2, 0) is 4.79 Å². The highest BCUT2D eigenvalue weighted by Crippen LogP contribution is 2.34. The lowest BCUT2D eigenvalue weighted by Crippen LogP contribution is -2.21. The van der Waals surface area contributed by atoms with Crippen LogP contribution >= 0.6 is 0 Å². The summed E-state index contributed by atoms with van der Waals surface area (Å²) in [4.78, 5) is 14.7. The number of dihydropyridines is 1. The first-order valence-corrected chi connectivity index (χ1v) is 4.23. The topological polar surface area (TPSA) is 29.4 Å². The molecule has 0 saturated heterocycles. The van der Waals surface area contributed by atoms with Crippen LogP contribution in [0.5, 0.6) is 0 Å². The fraction of sp³-hybridized carbons (Fsp3) is 0.200. The molecular formula is C10H6F3NO. The summed E-state index contributed by atoms with van der Waals surface area (Å²) < 4.78 is 37.0. The summed E-state index contributed by atoms with van der Waals surface area (Å²) >= 11 is 0. The van der Waals surface area contributed by atoms with E-state index in [0.717, 1.165) is 12.2 Å². The minimum atomic E-state index is -4.38. The Labute approximate surface area is 83.5 Å². The van der Waals surface area contributed by atoms with Crippen LogP contribution in [0.25, 0.3) is 0 Å². The van der Waals surface area contributed by atoms with Gasteiger partial charge in [0, 0.05) is 6.21 Å². The molecule has 0 aromatic heterocycles. The third kappa shape index (κ3) is 1.77. The molecule has 1 heterocycles. The molecule has 0 fully saturated rings. The standard InChI is InChI=1S/C10H6F3NO/c11-10(12,13)7-1-2-8-6(5-7)3-4-14-9(8)15/h1-5,8H. The van der Waals surface area contributed by atoms with Crippen molar-refractivity contribution in [2.24, 2.45) is 10.9 Å². The van der Waals surface area contributed by atoms with Crippen molar-refractivity contribution in [3.8, 4) is 0 Å². The Bertz CT molecular complexity index is 426. The van der Waals surface area contributed by atoms with E-state index >= 15 is 0 Å². The lowest BCUT2D eigenvalue weighted by Gasteiger charge is -2.19. The number of hydrogen-bond acceptors (Lipinski definition) is 1. The van der Waals surface area contributed by atoms with Gasteiger partial charge >= 0.3 is 6.18 Å². The van der Waals surface area contributed by atoms with Crippen molar-refractivity contribution in [2.45, 2.75) is 6.18 Å². The molecular weight excluding hydrogens is 207 g/mol. The van der Waals surface area contributed by atoms with Gasteiger partial charge in [0.2, 0.25) is 0 Å². The van der Waals surface area contributed by atoms with Crippen molar-refractivity contribution in [1.29, 1.82) is 0 Å². The van der Waals surface area contributed by atoms with Crippen LogP contribution < -0.4 is 0 Å². The van der Waals surface area contributed by atoms with E-state index in [4.69, 9.17) is 0 Å². The molecule has 2 rings (SSSR count). The third-order valence-corrected chi connectivity index (χ3v) is 2.21. The number of halogens is 3. The van der Waals surface area contributed by atoms with Crippen molar-refractivity contribution < 1.29 is 18.0 Å². The van der Waals surface area contributed by atoms with Gasteiger partial charge in [0.15, 0.2) is 0 Å². The SMILES string of the molecule is O=C1N=CC=C2C=C(C(F)(F)F)C=CC12. The summed E-state index contributed by atoms with van der Waals surface area (Å²) in [5.41, 5.74) is -0.405. The summed E-state index contributed by atoms with van der Waals surface area (Å²) in [5, 5.41) is 0. The van der Waals surface area contributed by atoms with E-state index in [1.165, 1.54) is 18.4 Å². The van der Waals surface area contributed by atoms with E-state index in [-0.39, 0.29) is 0 Å². The van der Waals surface area contributed by atoms with Crippen LogP contribution in [0.1, 0.15) is 0 Å². The Morgan fingerprint density at radius 2 is 2.07 bits per heavy atom. The number of carbonyl (C=O) groups is 1. The number of alkyl halides is 3. The Hall–Kier alpha value is -1.65. The maximum atomic E-state index is 12.3. The Morgan fingerprint density at radius 3 is 2.73 bits per heavy atom. The highest BCUT2D eigenvalue weighted by molar-refractivity contribution is 5.98. The molecule has 5 heteroatoms. The highest BCUT2D eigenvalue weighted by Gasteiger charge is 2.35. The minimum Gasteiger partial charge on any atom is -0.272 e. The average Bonchev–Trinajstić information content (AvgIpc) is 2.16. The van der Waals surface area contributed by atoms with Gasteiger partial charge in [-0.15, -0.1) is 0 Å². The first-order valence-electron chi connectivity index (χ1n) is 4.23. The Morgan fingerprint density at radius 1 is 1.33 bits per heavy atom. The van der Waals surface area contributed by atoms with Gasteiger partial charge in [0.25, 0.3) is 5.91 Å². The van der Waals surface area contributed by atoms with Gasteiger partial charge in [-0.1, -0.05) is 12.2 Å². The van der Waals surface area contributed by atoms with Crippen LogP contribution in [-0.4, -0.2) is 18.3 Å². The van der Waals surface area contributed by atoms with Crippen LogP contribution in [0.2, 0.25) is 0 Å². The van der Waals surface area contributed by atoms with Crippen molar-refractivity contribution >= 4 is 12.1 Å². The lowest BCUT2D eigenvalue weighted by molar-refractivity contribution is -0.119. The molecule has 1 unspecified atom stereocenters. The summed E-state index contributed by atoms with van der Waals surface area (Å²) in [6, 6.07) is 0. The minimum absolute atomic E-state index is 0.338. The predicted octanol–water partition coefficient (Wildman–Crippen LogP) is 2.20. The van der Waals surface area contributed by atoms with Gasteiger partial charge in [-0.2, -0.15) is 13.2 Å². The van der Waals surface area contributed by atoms with E-state index in [1.54, 1.807) is 0 Å². The molecule has 0 radical (unpaired) electrons. The number of fused-ring (bicyclic) bond motifs is 1. The number of carbonyl (C=O) groups excluding carboxylic acids is 1. The van der Waals surface area contributed by atoms with E-state index in [9.17, 15) is 18.0 Å². The number of rotatable bonds is 0. The molecule has 2 nitrogen and oxygen atoms in total. The van der Waals surface area contributed by atoms with Crippen LogP contribution in [0.15, 0.2) is 40.4 Å². The molecule has 0 N–H and O–H groups in total. The highest BCUT2D eigenvalue weighted by atomic mass is 19.4. The maximum absolute atomic E-state index is 12.3. The quantitative estimate of drug-likeness (QED) is 0.606. The van der Waals surface area contributed by atoms with Crippen LogP contribution in [0.3, 0.4) is 0 Å². The molecule has 0 aromatic rings. The molecule has 78 valence electrons. The molecule has 1 aliphatic carbocycles. The summed E-state index contributed by atoms with van der Waals surface area (Å²) in [7, 11) is 0. The molecule has 0 aromatic carbocycles. The van der Waals surface area contributed by atoms with Gasteiger partial charge in [0.1, 0.15) is 0 Å². The molecule has 0 saturated carbocycles. The van der Waals surface area contributed by atoms with Crippen molar-refractivity contribution in [1.82, 2.24) is 0 Å². The molecule has 1 atom stereocenters. The normalized spacial score (nSPS) is 24.7. The zero-order valence-corrected chi connectivity index (χ0v) is 7.45. The number of aliphatic imine (C=N–C) groups is 1. The lowest BCUT2D eigenvalue weighted by atomic mass is 9.89. The number of amides is 1. The largest absolute Gasteiger partial charge is 0.416 e. The average molecular weight is 213 g/mol. The first-order chi connectivity index (χ1) is 6.98. The monoisotopic (exact) mass is 213 g/mol. The number of nitrogens with zero attached hydrogens (tertiary/aromatic N) is 1. The molecule has 0 spiro atoms. The molecule has 15 heavy (non-hydrogen) atoms. The maximum Gasteiger partial charge on any atom is 0.416 e. The molecule has 1 aliphatic heterocycles. The van der Waals surface area contributed by atoms with Crippen LogP contribution in [0.4, 0.5) is 13.2 Å². The second-order valence-corrected chi connectivity index (χ2v) is 3.22. The van der Waals surface area contributed by atoms with Gasteiger partial charge in [-0.3, -0.25) is 4.79 Å². The van der Waals surface area contributed by atoms with Crippen molar-refractivity contribution in [3.05, 3.63) is 35.5 Å². The zero-order valence-electron chi connectivity index (χ0n) is 7.45. The molecule has 1 amide bonds. The first kappa shape index (κ1) is 9.89. The van der Waals surface area contributed by atoms with E-state index in [0.29, 0.717) is 5.57 Å². The van der Waals surface area contributed by atoms with E-state index < -0.39 is 23.6 Å². The third-order valence-electron chi connectivity index (χ3n) is 2.21. The molecule has 2 aliphatic rings. The number of hydrogen-bond donors (Lipinski definition) is 0. The fourth-order valence-corrected chi connectivity index (χ4v) is 1.46. The number of allylic oxidation sites excluding steroid dienone is 4. The van der Waals surface area contributed by atoms with Gasteiger partial charge in [-0.05, 0) is 17.7 Å². The van der Waals surface area contributed by atoms with Gasteiger partial charge in [-0.25, -0.2) is 4.99 Å². The van der Waals surface area contributed by atoms with Crippen molar-refractivity contribution in [3.63, 3.8) is 0 Å². The molecule has 0 bridgehead atoms. The van der Waals surface area contributed by atoms with E-state index in [2.05, 4.69) is 4.99 Å². The zero-order chi connectivity index (χ0) is 11.1. The van der Waals surface area contributed by atoms with Crippen LogP contribution in [0, 0.1) is 5.92 Å². The van der Waals surface area contributed by atoms with Crippen molar-refractivity contribution in [2.75, 3.05) is 0 Å². The smallest absolute Gasteiger partial charge is 0.272 e.